The van der Waals surface area contributed by atoms with Crippen LogP contribution in [0.25, 0.3) is 11.0 Å². The van der Waals surface area contributed by atoms with Gasteiger partial charge in [-0.15, -0.1) is 0 Å². The first kappa shape index (κ1) is 13.6. The van der Waals surface area contributed by atoms with Crippen molar-refractivity contribution in [2.75, 3.05) is 13.1 Å². The van der Waals surface area contributed by atoms with E-state index in [-0.39, 0.29) is 12.5 Å². The minimum atomic E-state index is -0.824. The van der Waals surface area contributed by atoms with Crippen LogP contribution in [0.2, 0.25) is 0 Å². The van der Waals surface area contributed by atoms with Gasteiger partial charge in [-0.25, -0.2) is 4.98 Å². The average Bonchev–Trinajstić information content (AvgIpc) is 3.05. The molecule has 1 N–H and O–H groups in total. The number of hydrogen-bond donors (Lipinski definition) is 1. The molecule has 1 unspecified atom stereocenters. The smallest absolute Gasteiger partial charge is 0.308 e. The Balaban J connectivity index is 1.78. The second-order valence-corrected chi connectivity index (χ2v) is 5.40. The zero-order chi connectivity index (χ0) is 15.0. The summed E-state index contributed by atoms with van der Waals surface area (Å²) in [5.41, 5.74) is 1.80. The Kier molecular flexibility index (Phi) is 3.37. The van der Waals surface area contributed by atoms with Crippen LogP contribution in [0.4, 0.5) is 0 Å². The van der Waals surface area contributed by atoms with Crippen LogP contribution in [-0.4, -0.2) is 44.5 Å². The number of aliphatic carboxylic acids is 1. The van der Waals surface area contributed by atoms with E-state index in [0.717, 1.165) is 16.9 Å². The Labute approximate surface area is 122 Å². The van der Waals surface area contributed by atoms with Crippen LogP contribution in [0.5, 0.6) is 0 Å². The van der Waals surface area contributed by atoms with Crippen molar-refractivity contribution in [2.24, 2.45) is 5.92 Å². The first-order valence-corrected chi connectivity index (χ1v) is 6.98. The van der Waals surface area contributed by atoms with Crippen molar-refractivity contribution >= 4 is 22.9 Å². The van der Waals surface area contributed by atoms with E-state index >= 15 is 0 Å². The summed E-state index contributed by atoms with van der Waals surface area (Å²) in [5.74, 6) is -0.521. The molecule has 0 aliphatic carbocycles. The molecule has 1 aliphatic rings. The Morgan fingerprint density at radius 3 is 2.86 bits per heavy atom. The lowest BCUT2D eigenvalue weighted by Crippen LogP contribution is -2.33. The molecule has 1 aliphatic heterocycles. The molecule has 1 amide bonds. The van der Waals surface area contributed by atoms with E-state index in [4.69, 9.17) is 5.11 Å². The van der Waals surface area contributed by atoms with Gasteiger partial charge >= 0.3 is 5.97 Å². The topological polar surface area (TPSA) is 75.4 Å². The van der Waals surface area contributed by atoms with Crippen molar-refractivity contribution < 1.29 is 14.7 Å². The Hall–Kier alpha value is -2.37. The fourth-order valence-electron chi connectivity index (χ4n) is 2.82. The van der Waals surface area contributed by atoms with Crippen LogP contribution in [0.3, 0.4) is 0 Å². The molecule has 1 atom stereocenters. The third-order valence-corrected chi connectivity index (χ3v) is 4.03. The third-order valence-electron chi connectivity index (χ3n) is 4.03. The fraction of sp³-hybridized carbons (Fsp3) is 0.400. The summed E-state index contributed by atoms with van der Waals surface area (Å²) in [6.07, 6.45) is 0.532. The number of aromatic nitrogens is 2. The SMILES string of the molecule is Cc1nc2ccccc2n1CC(=O)N1CCC(C(=O)O)C1. The van der Waals surface area contributed by atoms with E-state index in [1.807, 2.05) is 35.8 Å². The van der Waals surface area contributed by atoms with E-state index in [0.29, 0.717) is 19.5 Å². The number of rotatable bonds is 3. The lowest BCUT2D eigenvalue weighted by molar-refractivity contribution is -0.141. The van der Waals surface area contributed by atoms with Gasteiger partial charge in [0.15, 0.2) is 0 Å². The largest absolute Gasteiger partial charge is 0.481 e. The highest BCUT2D eigenvalue weighted by molar-refractivity contribution is 5.82. The van der Waals surface area contributed by atoms with Crippen molar-refractivity contribution in [3.8, 4) is 0 Å². The van der Waals surface area contributed by atoms with E-state index in [1.54, 1.807) is 4.90 Å². The van der Waals surface area contributed by atoms with Crippen LogP contribution in [0.1, 0.15) is 12.2 Å². The van der Waals surface area contributed by atoms with Crippen LogP contribution in [0.15, 0.2) is 24.3 Å². The lowest BCUT2D eigenvalue weighted by atomic mass is 10.1. The molecule has 1 saturated heterocycles. The first-order valence-electron chi connectivity index (χ1n) is 6.98. The second-order valence-electron chi connectivity index (χ2n) is 5.40. The summed E-state index contributed by atoms with van der Waals surface area (Å²) in [4.78, 5) is 29.4. The molecule has 2 heterocycles. The predicted molar refractivity (Wildman–Crippen MR) is 76.8 cm³/mol. The van der Waals surface area contributed by atoms with Gasteiger partial charge in [0.25, 0.3) is 0 Å². The van der Waals surface area contributed by atoms with Crippen molar-refractivity contribution in [2.45, 2.75) is 19.9 Å². The molecule has 1 aromatic heterocycles. The number of para-hydroxylation sites is 2. The molecular formula is C15H17N3O3. The Morgan fingerprint density at radius 1 is 1.38 bits per heavy atom. The van der Waals surface area contributed by atoms with E-state index < -0.39 is 11.9 Å². The summed E-state index contributed by atoms with van der Waals surface area (Å²) >= 11 is 0. The van der Waals surface area contributed by atoms with Crippen molar-refractivity contribution in [1.82, 2.24) is 14.5 Å². The average molecular weight is 287 g/mol. The van der Waals surface area contributed by atoms with Gasteiger partial charge in [0.2, 0.25) is 5.91 Å². The molecule has 1 fully saturated rings. The molecule has 21 heavy (non-hydrogen) atoms. The number of nitrogens with zero attached hydrogens (tertiary/aromatic N) is 3. The summed E-state index contributed by atoms with van der Waals surface area (Å²) in [5, 5.41) is 9.00. The number of likely N-dealkylation sites (tertiary alicyclic amines) is 1. The van der Waals surface area contributed by atoms with Gasteiger partial charge in [0.05, 0.1) is 17.0 Å². The maximum atomic E-state index is 12.4. The third kappa shape index (κ3) is 2.49. The Bertz CT molecular complexity index is 707. The normalized spacial score (nSPS) is 18.3. The zero-order valence-corrected chi connectivity index (χ0v) is 11.8. The maximum absolute atomic E-state index is 12.4. The minimum Gasteiger partial charge on any atom is -0.481 e. The molecular weight excluding hydrogens is 270 g/mol. The number of imidazole rings is 1. The van der Waals surface area contributed by atoms with E-state index in [1.165, 1.54) is 0 Å². The monoisotopic (exact) mass is 287 g/mol. The molecule has 6 nitrogen and oxygen atoms in total. The lowest BCUT2D eigenvalue weighted by Gasteiger charge is -2.17. The highest BCUT2D eigenvalue weighted by Crippen LogP contribution is 2.19. The van der Waals surface area contributed by atoms with Gasteiger partial charge in [-0.3, -0.25) is 9.59 Å². The van der Waals surface area contributed by atoms with Gasteiger partial charge < -0.3 is 14.6 Å². The van der Waals surface area contributed by atoms with E-state index in [9.17, 15) is 9.59 Å². The van der Waals surface area contributed by atoms with E-state index in [2.05, 4.69) is 4.98 Å². The number of fused-ring (bicyclic) bond motifs is 1. The van der Waals surface area contributed by atoms with Gasteiger partial charge in [-0.2, -0.15) is 0 Å². The van der Waals surface area contributed by atoms with Crippen LogP contribution < -0.4 is 0 Å². The standard InChI is InChI=1S/C15H17N3O3/c1-10-16-12-4-2-3-5-13(12)18(10)9-14(19)17-7-6-11(8-17)15(20)21/h2-5,11H,6-9H2,1H3,(H,20,21). The molecule has 0 radical (unpaired) electrons. The van der Waals surface area contributed by atoms with Gasteiger partial charge in [0, 0.05) is 13.1 Å². The number of carbonyl (C=O) groups excluding carboxylic acids is 1. The van der Waals surface area contributed by atoms with Crippen LogP contribution >= 0.6 is 0 Å². The quantitative estimate of drug-likeness (QED) is 0.922. The number of aryl methyl sites for hydroxylation is 1. The first-order chi connectivity index (χ1) is 10.1. The molecule has 0 saturated carbocycles. The number of carbonyl (C=O) groups is 2. The summed E-state index contributed by atoms with van der Waals surface area (Å²) in [6.45, 7) is 2.90. The number of carboxylic acids is 1. The van der Waals surface area contributed by atoms with Crippen LogP contribution in [0, 0.1) is 12.8 Å². The molecule has 6 heteroatoms. The van der Waals surface area contributed by atoms with Crippen molar-refractivity contribution in [1.29, 1.82) is 0 Å². The van der Waals surface area contributed by atoms with Gasteiger partial charge in [0.1, 0.15) is 12.4 Å². The summed E-state index contributed by atoms with van der Waals surface area (Å²) < 4.78 is 1.88. The van der Waals surface area contributed by atoms with Crippen molar-refractivity contribution in [3.05, 3.63) is 30.1 Å². The molecule has 1 aromatic carbocycles. The molecule has 3 rings (SSSR count). The molecule has 110 valence electrons. The number of carboxylic acid groups (broad SMARTS) is 1. The number of hydrogen-bond acceptors (Lipinski definition) is 3. The maximum Gasteiger partial charge on any atom is 0.308 e. The fourth-order valence-corrected chi connectivity index (χ4v) is 2.82. The molecule has 0 spiro atoms. The van der Waals surface area contributed by atoms with Gasteiger partial charge in [-0.1, -0.05) is 12.1 Å². The molecule has 2 aromatic rings. The van der Waals surface area contributed by atoms with Crippen molar-refractivity contribution in [3.63, 3.8) is 0 Å². The highest BCUT2D eigenvalue weighted by atomic mass is 16.4. The highest BCUT2D eigenvalue weighted by Gasteiger charge is 2.31. The predicted octanol–water partition coefficient (Wildman–Crippen LogP) is 1.28. The zero-order valence-electron chi connectivity index (χ0n) is 11.8. The number of amides is 1. The van der Waals surface area contributed by atoms with Crippen LogP contribution in [-0.2, 0) is 16.1 Å². The summed E-state index contributed by atoms with van der Waals surface area (Å²) in [7, 11) is 0. The van der Waals surface area contributed by atoms with Gasteiger partial charge in [-0.05, 0) is 25.5 Å². The second kappa shape index (κ2) is 5.20. The Morgan fingerprint density at radius 2 is 2.14 bits per heavy atom. The minimum absolute atomic E-state index is 0.0509. The summed E-state index contributed by atoms with van der Waals surface area (Å²) in [6, 6.07) is 7.69. The number of benzene rings is 1. The molecule has 0 bridgehead atoms.